The lowest BCUT2D eigenvalue weighted by Gasteiger charge is -2.12. The Morgan fingerprint density at radius 3 is 2.55 bits per heavy atom. The standard InChI is InChI=1S/C24H31N7O2/c1-3-26-24(27-13-6-14-31-17(2)30-20-7-4-5-8-21(20)31)29-15-18-9-11-19(12-10-18)23(33)28-16-22(25)32/h4-5,7-12H,3,6,13-16H2,1-2H3,(H2,25,32)(H,28,33)(H2,26,27,29). The fourth-order valence-corrected chi connectivity index (χ4v) is 3.47. The van der Waals surface area contributed by atoms with Crippen LogP contribution in [0, 0.1) is 6.92 Å². The van der Waals surface area contributed by atoms with Crippen LogP contribution < -0.4 is 21.7 Å². The van der Waals surface area contributed by atoms with E-state index in [2.05, 4.69) is 36.6 Å². The van der Waals surface area contributed by atoms with Crippen molar-refractivity contribution in [3.05, 3.63) is 65.5 Å². The molecule has 33 heavy (non-hydrogen) atoms. The monoisotopic (exact) mass is 449 g/mol. The number of nitrogens with one attached hydrogen (secondary N) is 3. The molecular weight excluding hydrogens is 418 g/mol. The average molecular weight is 450 g/mol. The minimum atomic E-state index is -0.578. The number of nitrogens with two attached hydrogens (primary N) is 1. The van der Waals surface area contributed by atoms with Gasteiger partial charge in [0.15, 0.2) is 5.96 Å². The predicted molar refractivity (Wildman–Crippen MR) is 130 cm³/mol. The molecule has 0 aliphatic rings. The molecule has 0 spiro atoms. The van der Waals surface area contributed by atoms with Crippen molar-refractivity contribution in [1.29, 1.82) is 0 Å². The third-order valence-corrected chi connectivity index (χ3v) is 5.10. The van der Waals surface area contributed by atoms with Gasteiger partial charge in [-0.05, 0) is 50.1 Å². The molecule has 3 aromatic rings. The summed E-state index contributed by atoms with van der Waals surface area (Å²) < 4.78 is 2.24. The van der Waals surface area contributed by atoms with E-state index in [1.165, 1.54) is 0 Å². The molecule has 2 amide bonds. The van der Waals surface area contributed by atoms with Crippen LogP contribution in [0.15, 0.2) is 53.5 Å². The highest BCUT2D eigenvalue weighted by Crippen LogP contribution is 2.15. The number of hydrogen-bond donors (Lipinski definition) is 4. The minimum Gasteiger partial charge on any atom is -0.368 e. The van der Waals surface area contributed by atoms with E-state index in [0.717, 1.165) is 54.4 Å². The molecule has 0 saturated carbocycles. The fourth-order valence-electron chi connectivity index (χ4n) is 3.47. The molecule has 1 heterocycles. The van der Waals surface area contributed by atoms with Crippen molar-refractivity contribution in [3.8, 4) is 0 Å². The van der Waals surface area contributed by atoms with Gasteiger partial charge in [-0.25, -0.2) is 9.98 Å². The molecule has 0 radical (unpaired) electrons. The molecule has 9 heteroatoms. The van der Waals surface area contributed by atoms with Gasteiger partial charge < -0.3 is 26.3 Å². The predicted octanol–water partition coefficient (Wildman–Crippen LogP) is 1.71. The summed E-state index contributed by atoms with van der Waals surface area (Å²) in [7, 11) is 0. The Balaban J connectivity index is 1.51. The van der Waals surface area contributed by atoms with Crippen molar-refractivity contribution in [2.75, 3.05) is 19.6 Å². The molecule has 9 nitrogen and oxygen atoms in total. The molecule has 174 valence electrons. The lowest BCUT2D eigenvalue weighted by atomic mass is 10.1. The molecular formula is C24H31N7O2. The van der Waals surface area contributed by atoms with Gasteiger partial charge in [-0.3, -0.25) is 9.59 Å². The highest BCUT2D eigenvalue weighted by molar-refractivity contribution is 5.96. The fraction of sp³-hybridized carbons (Fsp3) is 0.333. The van der Waals surface area contributed by atoms with E-state index in [0.29, 0.717) is 12.1 Å². The first-order valence-electron chi connectivity index (χ1n) is 11.1. The van der Waals surface area contributed by atoms with E-state index < -0.39 is 5.91 Å². The molecule has 3 rings (SSSR count). The second-order valence-electron chi connectivity index (χ2n) is 7.62. The normalized spacial score (nSPS) is 11.4. The SMILES string of the molecule is CCNC(=NCc1ccc(C(=O)NCC(N)=O)cc1)NCCCn1c(C)nc2ccccc21. The van der Waals surface area contributed by atoms with Crippen LogP contribution >= 0.6 is 0 Å². The summed E-state index contributed by atoms with van der Waals surface area (Å²) in [6, 6.07) is 15.3. The molecule has 0 fully saturated rings. The Kier molecular flexibility index (Phi) is 8.40. The number of aryl methyl sites for hydroxylation is 2. The largest absolute Gasteiger partial charge is 0.368 e. The molecule has 0 aliphatic heterocycles. The quantitative estimate of drug-likeness (QED) is 0.213. The zero-order chi connectivity index (χ0) is 23.6. The van der Waals surface area contributed by atoms with E-state index in [1.54, 1.807) is 12.1 Å². The average Bonchev–Trinajstić information content (AvgIpc) is 3.13. The van der Waals surface area contributed by atoms with E-state index in [9.17, 15) is 9.59 Å². The first-order chi connectivity index (χ1) is 16.0. The first-order valence-corrected chi connectivity index (χ1v) is 11.1. The number of rotatable bonds is 10. The molecule has 0 bridgehead atoms. The Morgan fingerprint density at radius 2 is 1.82 bits per heavy atom. The molecule has 0 atom stereocenters. The Morgan fingerprint density at radius 1 is 1.06 bits per heavy atom. The van der Waals surface area contributed by atoms with Gasteiger partial charge in [0.1, 0.15) is 5.82 Å². The van der Waals surface area contributed by atoms with Crippen LogP contribution in [0.1, 0.15) is 35.1 Å². The van der Waals surface area contributed by atoms with Crippen molar-refractivity contribution < 1.29 is 9.59 Å². The topological polar surface area (TPSA) is 126 Å². The minimum absolute atomic E-state index is 0.181. The zero-order valence-electron chi connectivity index (χ0n) is 19.1. The molecule has 0 aliphatic carbocycles. The summed E-state index contributed by atoms with van der Waals surface area (Å²) >= 11 is 0. The van der Waals surface area contributed by atoms with Crippen molar-refractivity contribution in [2.45, 2.75) is 33.4 Å². The van der Waals surface area contributed by atoms with E-state index in [4.69, 9.17) is 5.73 Å². The van der Waals surface area contributed by atoms with Crippen LogP contribution in [0.5, 0.6) is 0 Å². The number of guanidine groups is 1. The number of carbonyl (C=O) groups is 2. The van der Waals surface area contributed by atoms with Gasteiger partial charge >= 0.3 is 0 Å². The number of amides is 2. The lowest BCUT2D eigenvalue weighted by Crippen LogP contribution is -2.38. The summed E-state index contributed by atoms with van der Waals surface area (Å²) in [5.74, 6) is 0.850. The molecule has 5 N–H and O–H groups in total. The number of primary amides is 1. The summed E-state index contributed by atoms with van der Waals surface area (Å²) in [5, 5.41) is 9.10. The van der Waals surface area contributed by atoms with Crippen molar-refractivity contribution >= 4 is 28.8 Å². The summed E-state index contributed by atoms with van der Waals surface area (Å²) in [5.41, 5.74) is 8.67. The van der Waals surface area contributed by atoms with Crippen LogP contribution in [0.3, 0.4) is 0 Å². The van der Waals surface area contributed by atoms with Gasteiger partial charge in [0.2, 0.25) is 5.91 Å². The van der Waals surface area contributed by atoms with Gasteiger partial charge in [0.25, 0.3) is 5.91 Å². The number of benzene rings is 2. The van der Waals surface area contributed by atoms with Gasteiger partial charge in [0.05, 0.1) is 24.1 Å². The van der Waals surface area contributed by atoms with Gasteiger partial charge in [-0.2, -0.15) is 0 Å². The maximum Gasteiger partial charge on any atom is 0.251 e. The second kappa shape index (κ2) is 11.7. The van der Waals surface area contributed by atoms with Crippen molar-refractivity contribution in [1.82, 2.24) is 25.5 Å². The van der Waals surface area contributed by atoms with Crippen LogP contribution in [0.4, 0.5) is 0 Å². The third-order valence-electron chi connectivity index (χ3n) is 5.10. The maximum atomic E-state index is 12.0. The highest BCUT2D eigenvalue weighted by Gasteiger charge is 2.07. The van der Waals surface area contributed by atoms with Crippen LogP contribution in [0.2, 0.25) is 0 Å². The molecule has 0 saturated heterocycles. The van der Waals surface area contributed by atoms with Crippen LogP contribution in [-0.2, 0) is 17.9 Å². The smallest absolute Gasteiger partial charge is 0.251 e. The third kappa shape index (κ3) is 6.80. The van der Waals surface area contributed by atoms with Gasteiger partial charge in [0, 0.05) is 25.2 Å². The number of aliphatic imine (C=N–C) groups is 1. The molecule has 2 aromatic carbocycles. The Bertz CT molecular complexity index is 1120. The van der Waals surface area contributed by atoms with Crippen LogP contribution in [0.25, 0.3) is 11.0 Å². The Labute approximate surface area is 193 Å². The summed E-state index contributed by atoms with van der Waals surface area (Å²) in [6.07, 6.45) is 0.931. The Hall–Kier alpha value is -3.88. The number of fused-ring (bicyclic) bond motifs is 1. The van der Waals surface area contributed by atoms with E-state index >= 15 is 0 Å². The van der Waals surface area contributed by atoms with Crippen LogP contribution in [-0.4, -0.2) is 47.0 Å². The number of imidazole rings is 1. The number of para-hydroxylation sites is 2. The van der Waals surface area contributed by atoms with Crippen molar-refractivity contribution in [3.63, 3.8) is 0 Å². The summed E-state index contributed by atoms with van der Waals surface area (Å²) in [6.45, 7) is 6.76. The second-order valence-corrected chi connectivity index (χ2v) is 7.62. The summed E-state index contributed by atoms with van der Waals surface area (Å²) in [4.78, 5) is 32.0. The van der Waals surface area contributed by atoms with Crippen molar-refractivity contribution in [2.24, 2.45) is 10.7 Å². The first kappa shape index (κ1) is 23.8. The van der Waals surface area contributed by atoms with Gasteiger partial charge in [-0.1, -0.05) is 24.3 Å². The van der Waals surface area contributed by atoms with E-state index in [-0.39, 0.29) is 12.5 Å². The zero-order valence-corrected chi connectivity index (χ0v) is 19.1. The number of aromatic nitrogens is 2. The number of hydrogen-bond acceptors (Lipinski definition) is 4. The molecule has 0 unspecified atom stereocenters. The maximum absolute atomic E-state index is 12.0. The molecule has 1 aromatic heterocycles. The van der Waals surface area contributed by atoms with E-state index in [1.807, 2.05) is 44.2 Å². The van der Waals surface area contributed by atoms with Gasteiger partial charge in [-0.15, -0.1) is 0 Å². The highest BCUT2D eigenvalue weighted by atomic mass is 16.2. The lowest BCUT2D eigenvalue weighted by molar-refractivity contribution is -0.117. The number of nitrogens with zero attached hydrogens (tertiary/aromatic N) is 3. The number of carbonyl (C=O) groups excluding carboxylic acids is 2.